The summed E-state index contributed by atoms with van der Waals surface area (Å²) in [4.78, 5) is 22.1. The van der Waals surface area contributed by atoms with Crippen LogP contribution in [-0.2, 0) is 10.3 Å². The van der Waals surface area contributed by atoms with Gasteiger partial charge < -0.3 is 15.1 Å². The lowest BCUT2D eigenvalue weighted by Crippen LogP contribution is -2.59. The average Bonchev–Trinajstić information content (AvgIpc) is 3.34. The van der Waals surface area contributed by atoms with Crippen molar-refractivity contribution in [1.82, 2.24) is 29.4 Å². The Balaban J connectivity index is 1.48. The van der Waals surface area contributed by atoms with Crippen molar-refractivity contribution >= 4 is 22.6 Å². The first-order valence-electron chi connectivity index (χ1n) is 8.74. The zero-order valence-corrected chi connectivity index (χ0v) is 15.2. The Morgan fingerprint density at radius 3 is 2.60 bits per heavy atom. The van der Waals surface area contributed by atoms with E-state index in [1.807, 2.05) is 28.8 Å². The van der Waals surface area contributed by atoms with E-state index in [1.54, 1.807) is 6.20 Å². The Hall–Kier alpha value is -2.00. The first kappa shape index (κ1) is 16.5. The van der Waals surface area contributed by atoms with Crippen molar-refractivity contribution in [2.75, 3.05) is 44.2 Å². The Labute approximate surface area is 151 Å². The number of amides is 1. The molecule has 4 rings (SSSR count). The summed E-state index contributed by atoms with van der Waals surface area (Å²) in [6, 6.07) is 1.90. The third kappa shape index (κ3) is 3.02. The highest BCUT2D eigenvalue weighted by Crippen LogP contribution is 2.30. The summed E-state index contributed by atoms with van der Waals surface area (Å²) < 4.78 is 6.13. The molecule has 1 N–H and O–H groups in total. The zero-order valence-electron chi connectivity index (χ0n) is 14.4. The van der Waals surface area contributed by atoms with Crippen LogP contribution in [0.5, 0.6) is 0 Å². The number of aryl methyl sites for hydroxylation is 1. The molecule has 4 heterocycles. The number of piperazine rings is 1. The van der Waals surface area contributed by atoms with Gasteiger partial charge in [0.1, 0.15) is 11.4 Å². The largest absolute Gasteiger partial charge is 0.343 e. The smallest absolute Gasteiger partial charge is 0.250 e. The zero-order chi connectivity index (χ0) is 17.3. The van der Waals surface area contributed by atoms with Gasteiger partial charge in [-0.3, -0.25) is 9.48 Å². The number of rotatable bonds is 3. The summed E-state index contributed by atoms with van der Waals surface area (Å²) in [6.07, 6.45) is 5.24. The predicted octanol–water partition coefficient (Wildman–Crippen LogP) is 0.471. The minimum Gasteiger partial charge on any atom is -0.343 e. The second kappa shape index (κ2) is 6.72. The Morgan fingerprint density at radius 1 is 1.24 bits per heavy atom. The SMILES string of the molecule is Cc1nsc(N2CCN(C(=O)C3(n4cccn4)CCNCC3)CC2)n1. The molecule has 2 aromatic rings. The van der Waals surface area contributed by atoms with E-state index in [9.17, 15) is 4.79 Å². The number of piperidine rings is 1. The molecular formula is C16H23N7OS. The number of nitrogens with one attached hydrogen (secondary N) is 1. The Morgan fingerprint density at radius 2 is 2.00 bits per heavy atom. The van der Waals surface area contributed by atoms with E-state index < -0.39 is 5.54 Å². The van der Waals surface area contributed by atoms with Gasteiger partial charge >= 0.3 is 0 Å². The second-order valence-electron chi connectivity index (χ2n) is 6.64. The van der Waals surface area contributed by atoms with Crippen molar-refractivity contribution < 1.29 is 4.79 Å². The Kier molecular flexibility index (Phi) is 4.43. The maximum Gasteiger partial charge on any atom is 0.250 e. The summed E-state index contributed by atoms with van der Waals surface area (Å²) >= 11 is 1.43. The monoisotopic (exact) mass is 361 g/mol. The van der Waals surface area contributed by atoms with Crippen molar-refractivity contribution in [1.29, 1.82) is 0 Å². The summed E-state index contributed by atoms with van der Waals surface area (Å²) in [7, 11) is 0. The molecule has 0 aliphatic carbocycles. The molecule has 9 heteroatoms. The molecule has 8 nitrogen and oxygen atoms in total. The van der Waals surface area contributed by atoms with Gasteiger partial charge in [-0.2, -0.15) is 9.47 Å². The molecule has 0 saturated carbocycles. The van der Waals surface area contributed by atoms with Gasteiger partial charge in [0.15, 0.2) is 0 Å². The van der Waals surface area contributed by atoms with Crippen LogP contribution in [0.25, 0.3) is 0 Å². The van der Waals surface area contributed by atoms with Crippen molar-refractivity contribution in [3.8, 4) is 0 Å². The molecule has 0 radical (unpaired) electrons. The van der Waals surface area contributed by atoms with Crippen LogP contribution in [0.3, 0.4) is 0 Å². The van der Waals surface area contributed by atoms with Gasteiger partial charge in [0.25, 0.3) is 5.91 Å². The highest BCUT2D eigenvalue weighted by molar-refractivity contribution is 7.09. The third-order valence-corrected chi connectivity index (χ3v) is 5.99. The van der Waals surface area contributed by atoms with Crippen molar-refractivity contribution in [3.05, 3.63) is 24.3 Å². The number of carbonyl (C=O) groups excluding carboxylic acids is 1. The second-order valence-corrected chi connectivity index (χ2v) is 7.37. The molecule has 2 aliphatic rings. The van der Waals surface area contributed by atoms with Crippen LogP contribution in [-0.4, -0.2) is 69.2 Å². The van der Waals surface area contributed by atoms with Crippen LogP contribution in [0.2, 0.25) is 0 Å². The fourth-order valence-electron chi connectivity index (χ4n) is 3.71. The summed E-state index contributed by atoms with van der Waals surface area (Å²) in [5, 5.41) is 8.72. The average molecular weight is 361 g/mol. The van der Waals surface area contributed by atoms with Gasteiger partial charge in [-0.25, -0.2) is 4.98 Å². The fraction of sp³-hybridized carbons (Fsp3) is 0.625. The van der Waals surface area contributed by atoms with E-state index in [1.165, 1.54) is 11.5 Å². The lowest BCUT2D eigenvalue weighted by molar-refractivity contribution is -0.143. The van der Waals surface area contributed by atoms with Crippen LogP contribution in [0.15, 0.2) is 18.5 Å². The molecule has 0 aromatic carbocycles. The molecule has 1 amide bonds. The predicted molar refractivity (Wildman–Crippen MR) is 95.7 cm³/mol. The lowest BCUT2D eigenvalue weighted by Gasteiger charge is -2.43. The number of anilines is 1. The number of nitrogens with zero attached hydrogens (tertiary/aromatic N) is 6. The van der Waals surface area contributed by atoms with E-state index in [-0.39, 0.29) is 5.91 Å². The number of hydrogen-bond acceptors (Lipinski definition) is 7. The van der Waals surface area contributed by atoms with Gasteiger partial charge in [-0.05, 0) is 38.9 Å². The molecule has 134 valence electrons. The number of carbonyl (C=O) groups is 1. The van der Waals surface area contributed by atoms with E-state index in [2.05, 4.69) is 24.7 Å². The molecule has 0 unspecified atom stereocenters. The molecule has 2 aliphatic heterocycles. The summed E-state index contributed by atoms with van der Waals surface area (Å²) in [5.74, 6) is 1.01. The minimum atomic E-state index is -0.545. The van der Waals surface area contributed by atoms with Crippen LogP contribution in [0.1, 0.15) is 18.7 Å². The van der Waals surface area contributed by atoms with Gasteiger partial charge in [-0.15, -0.1) is 0 Å². The van der Waals surface area contributed by atoms with Crippen molar-refractivity contribution in [2.45, 2.75) is 25.3 Å². The maximum atomic E-state index is 13.4. The number of aromatic nitrogens is 4. The van der Waals surface area contributed by atoms with Crippen LogP contribution in [0.4, 0.5) is 5.13 Å². The van der Waals surface area contributed by atoms with E-state index >= 15 is 0 Å². The maximum absolute atomic E-state index is 13.4. The fourth-order valence-corrected chi connectivity index (χ4v) is 4.44. The molecular weight excluding hydrogens is 338 g/mol. The van der Waals surface area contributed by atoms with Crippen LogP contribution < -0.4 is 10.2 Å². The first-order chi connectivity index (χ1) is 12.2. The Bertz CT molecular complexity index is 715. The van der Waals surface area contributed by atoms with Gasteiger partial charge in [-0.1, -0.05) is 0 Å². The van der Waals surface area contributed by atoms with Crippen molar-refractivity contribution in [3.63, 3.8) is 0 Å². The molecule has 2 aromatic heterocycles. The normalized spacial score (nSPS) is 20.7. The lowest BCUT2D eigenvalue weighted by atomic mass is 9.86. The van der Waals surface area contributed by atoms with Crippen LogP contribution in [0, 0.1) is 6.92 Å². The van der Waals surface area contributed by atoms with Gasteiger partial charge in [0.2, 0.25) is 5.13 Å². The molecule has 0 bridgehead atoms. The van der Waals surface area contributed by atoms with Crippen LogP contribution >= 0.6 is 11.5 Å². The van der Waals surface area contributed by atoms with Gasteiger partial charge in [0.05, 0.1) is 0 Å². The van der Waals surface area contributed by atoms with Gasteiger partial charge in [0, 0.05) is 50.1 Å². The molecule has 2 fully saturated rings. The van der Waals surface area contributed by atoms with E-state index in [0.717, 1.165) is 50.0 Å². The third-order valence-electron chi connectivity index (χ3n) is 5.13. The molecule has 0 spiro atoms. The summed E-state index contributed by atoms with van der Waals surface area (Å²) in [6.45, 7) is 6.62. The van der Waals surface area contributed by atoms with E-state index in [0.29, 0.717) is 13.1 Å². The highest BCUT2D eigenvalue weighted by Gasteiger charge is 2.45. The minimum absolute atomic E-state index is 0.200. The molecule has 2 saturated heterocycles. The first-order valence-corrected chi connectivity index (χ1v) is 9.52. The molecule has 25 heavy (non-hydrogen) atoms. The summed E-state index contributed by atoms with van der Waals surface area (Å²) in [5.41, 5.74) is -0.545. The quantitative estimate of drug-likeness (QED) is 0.856. The topological polar surface area (TPSA) is 79.2 Å². The highest BCUT2D eigenvalue weighted by atomic mass is 32.1. The standard InChI is InChI=1S/C16H23N7OS/c1-13-19-15(25-20-13)22-11-9-21(10-12-22)14(24)16(3-6-17-7-4-16)23-8-2-5-18-23/h2,5,8,17H,3-4,6-7,9-12H2,1H3. The van der Waals surface area contributed by atoms with Crippen molar-refractivity contribution in [2.24, 2.45) is 0 Å². The number of hydrogen-bond donors (Lipinski definition) is 1. The molecule has 0 atom stereocenters. The van der Waals surface area contributed by atoms with E-state index in [4.69, 9.17) is 0 Å².